The molecule has 0 spiro atoms. The lowest BCUT2D eigenvalue weighted by Gasteiger charge is -2.19. The number of para-hydroxylation sites is 3. The Kier molecular flexibility index (Phi) is 5.04. The molecule has 1 aliphatic heterocycles. The minimum Gasteiger partial charge on any atom is -0.328 e. The number of benzene rings is 2. The van der Waals surface area contributed by atoms with Crippen LogP contribution in [-0.2, 0) is 11.3 Å². The summed E-state index contributed by atoms with van der Waals surface area (Å²) in [5.74, 6) is 1.94. The van der Waals surface area contributed by atoms with Crippen LogP contribution in [-0.4, -0.2) is 22.0 Å². The Morgan fingerprint density at radius 2 is 1.89 bits per heavy atom. The van der Waals surface area contributed by atoms with E-state index in [2.05, 4.69) is 52.5 Å². The van der Waals surface area contributed by atoms with Crippen LogP contribution in [0.5, 0.6) is 0 Å². The van der Waals surface area contributed by atoms with Crippen LogP contribution in [0.15, 0.2) is 53.0 Å². The molecule has 1 aliphatic rings. The fourth-order valence-electron chi connectivity index (χ4n) is 3.81. The van der Waals surface area contributed by atoms with E-state index in [0.29, 0.717) is 18.9 Å². The van der Waals surface area contributed by atoms with Gasteiger partial charge in [-0.3, -0.25) is 4.79 Å². The van der Waals surface area contributed by atoms with Gasteiger partial charge in [0.15, 0.2) is 0 Å². The molecule has 140 valence electrons. The van der Waals surface area contributed by atoms with E-state index in [-0.39, 0.29) is 11.8 Å². The second-order valence-electron chi connectivity index (χ2n) is 7.65. The maximum Gasteiger partial charge on any atom is 0.227 e. The summed E-state index contributed by atoms with van der Waals surface area (Å²) in [6.45, 7) is 6.10. The van der Waals surface area contributed by atoms with Crippen LogP contribution in [0.3, 0.4) is 0 Å². The molecule has 1 saturated heterocycles. The van der Waals surface area contributed by atoms with E-state index >= 15 is 0 Å². The van der Waals surface area contributed by atoms with E-state index in [9.17, 15) is 4.79 Å². The molecule has 0 aliphatic carbocycles. The Bertz CT molecular complexity index is 979. The van der Waals surface area contributed by atoms with Crippen molar-refractivity contribution in [3.05, 3.63) is 58.8 Å². The number of imidazole rings is 1. The monoisotopic (exact) mass is 425 g/mol. The number of nitrogens with zero attached hydrogens (tertiary/aromatic N) is 3. The predicted octanol–water partition coefficient (Wildman–Crippen LogP) is 5.37. The fourth-order valence-corrected chi connectivity index (χ4v) is 4.31. The summed E-state index contributed by atoms with van der Waals surface area (Å²) in [4.78, 5) is 19.6. The first-order chi connectivity index (χ1) is 13.0. The molecular formula is C22H24BrN3O. The highest BCUT2D eigenvalue weighted by Gasteiger charge is 2.35. The lowest BCUT2D eigenvalue weighted by Crippen LogP contribution is -2.25. The molecule has 0 radical (unpaired) electrons. The number of aromatic nitrogens is 2. The van der Waals surface area contributed by atoms with E-state index in [0.717, 1.165) is 34.5 Å². The summed E-state index contributed by atoms with van der Waals surface area (Å²) < 4.78 is 3.28. The zero-order chi connectivity index (χ0) is 19.0. The van der Waals surface area contributed by atoms with Gasteiger partial charge in [-0.05, 0) is 52.5 Å². The number of fused-ring (bicyclic) bond motifs is 1. The first-order valence-corrected chi connectivity index (χ1v) is 10.3. The van der Waals surface area contributed by atoms with E-state index in [4.69, 9.17) is 4.98 Å². The number of hydrogen-bond acceptors (Lipinski definition) is 2. The Hall–Kier alpha value is -2.14. The average Bonchev–Trinajstić information content (AvgIpc) is 3.21. The fraction of sp³-hybridized carbons (Fsp3) is 0.364. The molecule has 2 aromatic carbocycles. The summed E-state index contributed by atoms with van der Waals surface area (Å²) in [5.41, 5.74) is 3.12. The molecule has 1 amide bonds. The molecule has 1 unspecified atom stereocenters. The molecule has 1 aromatic heterocycles. The summed E-state index contributed by atoms with van der Waals surface area (Å²) in [6.07, 6.45) is 1.61. The number of anilines is 1. The van der Waals surface area contributed by atoms with Crippen molar-refractivity contribution in [2.45, 2.75) is 39.2 Å². The highest BCUT2D eigenvalue weighted by molar-refractivity contribution is 9.10. The molecule has 1 fully saturated rings. The molecule has 4 nitrogen and oxygen atoms in total. The molecule has 0 N–H and O–H groups in total. The van der Waals surface area contributed by atoms with Crippen LogP contribution >= 0.6 is 15.9 Å². The minimum absolute atomic E-state index is 0.115. The molecule has 2 heterocycles. The Labute approximate surface area is 168 Å². The van der Waals surface area contributed by atoms with Crippen LogP contribution in [0.1, 0.15) is 38.4 Å². The normalized spacial score (nSPS) is 17.4. The molecule has 1 atom stereocenters. The second kappa shape index (κ2) is 7.47. The van der Waals surface area contributed by atoms with Gasteiger partial charge in [-0.2, -0.15) is 0 Å². The third-order valence-electron chi connectivity index (χ3n) is 5.25. The highest BCUT2D eigenvalue weighted by Crippen LogP contribution is 2.36. The lowest BCUT2D eigenvalue weighted by molar-refractivity contribution is -0.117. The SMILES string of the molecule is CC(C)CCn1c(C2CC(=O)N(c3ccccc3Br)C2)nc2ccccc21. The molecular weight excluding hydrogens is 402 g/mol. The van der Waals surface area contributed by atoms with Gasteiger partial charge >= 0.3 is 0 Å². The van der Waals surface area contributed by atoms with Crippen LogP contribution in [0.4, 0.5) is 5.69 Å². The van der Waals surface area contributed by atoms with E-state index in [1.807, 2.05) is 35.2 Å². The van der Waals surface area contributed by atoms with E-state index < -0.39 is 0 Å². The minimum atomic E-state index is 0.115. The predicted molar refractivity (Wildman–Crippen MR) is 113 cm³/mol. The molecule has 3 aromatic rings. The van der Waals surface area contributed by atoms with Crippen molar-refractivity contribution >= 4 is 38.6 Å². The average molecular weight is 426 g/mol. The number of amides is 1. The highest BCUT2D eigenvalue weighted by atomic mass is 79.9. The molecule has 27 heavy (non-hydrogen) atoms. The van der Waals surface area contributed by atoms with Gasteiger partial charge in [0.25, 0.3) is 0 Å². The number of rotatable bonds is 5. The first kappa shape index (κ1) is 18.2. The van der Waals surface area contributed by atoms with Gasteiger partial charge in [-0.1, -0.05) is 38.1 Å². The first-order valence-electron chi connectivity index (χ1n) is 9.54. The summed E-state index contributed by atoms with van der Waals surface area (Å²) in [5, 5.41) is 0. The standard InChI is InChI=1S/C22H24BrN3O/c1-15(2)11-12-25-20-10-6-4-8-18(20)24-22(25)16-13-21(27)26(14-16)19-9-5-3-7-17(19)23/h3-10,15-16H,11-14H2,1-2H3. The zero-order valence-corrected chi connectivity index (χ0v) is 17.3. The maximum atomic E-state index is 12.8. The van der Waals surface area contributed by atoms with Crippen LogP contribution in [0.2, 0.25) is 0 Å². The Morgan fingerprint density at radius 3 is 2.67 bits per heavy atom. The van der Waals surface area contributed by atoms with Crippen molar-refractivity contribution < 1.29 is 4.79 Å². The van der Waals surface area contributed by atoms with E-state index in [1.54, 1.807) is 0 Å². The Morgan fingerprint density at radius 1 is 1.15 bits per heavy atom. The third kappa shape index (κ3) is 3.53. The second-order valence-corrected chi connectivity index (χ2v) is 8.50. The maximum absolute atomic E-state index is 12.8. The Balaban J connectivity index is 1.69. The number of aryl methyl sites for hydroxylation is 1. The molecule has 0 saturated carbocycles. The van der Waals surface area contributed by atoms with Crippen molar-refractivity contribution in [2.75, 3.05) is 11.4 Å². The van der Waals surface area contributed by atoms with Gasteiger partial charge in [0.1, 0.15) is 5.82 Å². The smallest absolute Gasteiger partial charge is 0.227 e. The van der Waals surface area contributed by atoms with Gasteiger partial charge in [0.2, 0.25) is 5.91 Å². The van der Waals surface area contributed by atoms with Crippen molar-refractivity contribution in [3.63, 3.8) is 0 Å². The van der Waals surface area contributed by atoms with Gasteiger partial charge in [-0.15, -0.1) is 0 Å². The van der Waals surface area contributed by atoms with Gasteiger partial charge < -0.3 is 9.47 Å². The largest absolute Gasteiger partial charge is 0.328 e. The molecule has 5 heteroatoms. The van der Waals surface area contributed by atoms with Crippen molar-refractivity contribution in [3.8, 4) is 0 Å². The number of hydrogen-bond donors (Lipinski definition) is 0. The van der Waals surface area contributed by atoms with Gasteiger partial charge in [0.05, 0.1) is 16.7 Å². The summed E-state index contributed by atoms with van der Waals surface area (Å²) in [7, 11) is 0. The zero-order valence-electron chi connectivity index (χ0n) is 15.7. The van der Waals surface area contributed by atoms with Crippen molar-refractivity contribution in [2.24, 2.45) is 5.92 Å². The summed E-state index contributed by atoms with van der Waals surface area (Å²) in [6, 6.07) is 16.2. The lowest BCUT2D eigenvalue weighted by atomic mass is 10.1. The van der Waals surface area contributed by atoms with E-state index in [1.165, 1.54) is 5.52 Å². The van der Waals surface area contributed by atoms with Crippen LogP contribution in [0, 0.1) is 5.92 Å². The van der Waals surface area contributed by atoms with Crippen LogP contribution in [0.25, 0.3) is 11.0 Å². The number of halogens is 1. The third-order valence-corrected chi connectivity index (χ3v) is 5.92. The quantitative estimate of drug-likeness (QED) is 0.551. The van der Waals surface area contributed by atoms with Crippen molar-refractivity contribution in [1.82, 2.24) is 9.55 Å². The number of carbonyl (C=O) groups is 1. The van der Waals surface area contributed by atoms with Gasteiger partial charge in [-0.25, -0.2) is 4.98 Å². The summed E-state index contributed by atoms with van der Waals surface area (Å²) >= 11 is 3.58. The van der Waals surface area contributed by atoms with Gasteiger partial charge in [0, 0.05) is 29.9 Å². The topological polar surface area (TPSA) is 38.1 Å². The molecule has 0 bridgehead atoms. The number of carbonyl (C=O) groups excluding carboxylic acids is 1. The van der Waals surface area contributed by atoms with Crippen molar-refractivity contribution in [1.29, 1.82) is 0 Å². The van der Waals surface area contributed by atoms with Crippen LogP contribution < -0.4 is 4.90 Å². The molecule has 4 rings (SSSR count).